The molecule has 2 fully saturated rings. The van der Waals surface area contributed by atoms with Crippen molar-refractivity contribution >= 4 is 28.3 Å². The van der Waals surface area contributed by atoms with Crippen molar-refractivity contribution in [1.29, 1.82) is 0 Å². The highest BCUT2D eigenvalue weighted by Gasteiger charge is 2.37. The Labute approximate surface area is 232 Å². The second-order valence-corrected chi connectivity index (χ2v) is 12.7. The zero-order valence-electron chi connectivity index (χ0n) is 23.8. The van der Waals surface area contributed by atoms with Crippen molar-refractivity contribution in [3.05, 3.63) is 70.8 Å². The van der Waals surface area contributed by atoms with Crippen molar-refractivity contribution in [2.45, 2.75) is 97.0 Å². The van der Waals surface area contributed by atoms with Crippen LogP contribution in [-0.4, -0.2) is 17.9 Å². The van der Waals surface area contributed by atoms with Crippen molar-refractivity contribution in [2.75, 3.05) is 4.90 Å². The highest BCUT2D eigenvalue weighted by atomic mass is 16.5. The molecule has 3 aromatic rings. The maximum Gasteiger partial charge on any atom is 0.266 e. The molecular formula is C35H41NO3. The Bertz CT molecular complexity index is 1400. The summed E-state index contributed by atoms with van der Waals surface area (Å²) in [6.45, 7) is 8.66. The zero-order valence-corrected chi connectivity index (χ0v) is 23.8. The smallest absolute Gasteiger partial charge is 0.266 e. The van der Waals surface area contributed by atoms with Crippen LogP contribution in [0.15, 0.2) is 48.5 Å². The third kappa shape index (κ3) is 4.66. The molecule has 3 aliphatic rings. The summed E-state index contributed by atoms with van der Waals surface area (Å²) in [5, 5.41) is 1.62. The van der Waals surface area contributed by atoms with Crippen LogP contribution < -0.4 is 9.64 Å². The van der Waals surface area contributed by atoms with Gasteiger partial charge in [-0.1, -0.05) is 77.6 Å². The van der Waals surface area contributed by atoms with Crippen LogP contribution in [0, 0.1) is 11.8 Å². The first-order valence-corrected chi connectivity index (χ1v) is 15.1. The van der Waals surface area contributed by atoms with Gasteiger partial charge in [-0.15, -0.1) is 0 Å². The van der Waals surface area contributed by atoms with Gasteiger partial charge in [0.05, 0.1) is 11.3 Å². The van der Waals surface area contributed by atoms with E-state index in [1.807, 2.05) is 30.3 Å². The molecular weight excluding hydrogens is 482 g/mol. The summed E-state index contributed by atoms with van der Waals surface area (Å²) in [6, 6.07) is 16.2. The van der Waals surface area contributed by atoms with Crippen LogP contribution in [-0.2, 0) is 0 Å². The van der Waals surface area contributed by atoms with Gasteiger partial charge in [-0.3, -0.25) is 9.59 Å². The van der Waals surface area contributed by atoms with E-state index in [2.05, 4.69) is 45.9 Å². The van der Waals surface area contributed by atoms with Crippen LogP contribution in [0.2, 0.25) is 0 Å². The summed E-state index contributed by atoms with van der Waals surface area (Å²) in [5.74, 6) is 1.89. The van der Waals surface area contributed by atoms with E-state index in [0.29, 0.717) is 40.5 Å². The number of anilines is 1. The van der Waals surface area contributed by atoms with E-state index in [0.717, 1.165) is 29.3 Å². The second kappa shape index (κ2) is 10.4. The lowest BCUT2D eigenvalue weighted by atomic mass is 9.87. The number of hydrogen-bond donors (Lipinski definition) is 0. The van der Waals surface area contributed by atoms with Crippen LogP contribution in [0.5, 0.6) is 5.75 Å². The van der Waals surface area contributed by atoms with Gasteiger partial charge < -0.3 is 4.74 Å². The molecule has 39 heavy (non-hydrogen) atoms. The van der Waals surface area contributed by atoms with Gasteiger partial charge in [0.2, 0.25) is 0 Å². The predicted molar refractivity (Wildman–Crippen MR) is 158 cm³/mol. The Hall–Kier alpha value is -3.14. The Morgan fingerprint density at radius 3 is 2.05 bits per heavy atom. The first-order chi connectivity index (χ1) is 18.8. The fourth-order valence-corrected chi connectivity index (χ4v) is 7.42. The van der Waals surface area contributed by atoms with Crippen LogP contribution in [0.1, 0.15) is 123 Å². The van der Waals surface area contributed by atoms with Gasteiger partial charge in [0.1, 0.15) is 11.9 Å². The topological polar surface area (TPSA) is 46.6 Å². The number of imide groups is 1. The van der Waals surface area contributed by atoms with Crippen LogP contribution in [0.3, 0.4) is 0 Å². The average Bonchev–Trinajstić information content (AvgIpc) is 3.65. The Kier molecular flexibility index (Phi) is 6.99. The molecule has 4 nitrogen and oxygen atoms in total. The minimum absolute atomic E-state index is 0.0337. The molecule has 0 radical (unpaired) electrons. The maximum absolute atomic E-state index is 14.3. The number of rotatable bonds is 7. The normalized spacial score (nSPS) is 18.5. The number of hydrogen-bond acceptors (Lipinski definition) is 3. The minimum Gasteiger partial charge on any atom is -0.490 e. The molecule has 0 bridgehead atoms. The Morgan fingerprint density at radius 2 is 1.38 bits per heavy atom. The van der Waals surface area contributed by atoms with Gasteiger partial charge in [0.15, 0.2) is 0 Å². The zero-order chi connectivity index (χ0) is 27.3. The van der Waals surface area contributed by atoms with E-state index >= 15 is 0 Å². The van der Waals surface area contributed by atoms with Gasteiger partial charge in [0.25, 0.3) is 11.8 Å². The molecule has 0 N–H and O–H groups in total. The molecule has 0 unspecified atom stereocenters. The SMILES string of the molecule is CC(C)C(Oc1cc2c3c(cccc3c1)C(=O)N(c1ccc(C3CCCC3)cc1C1CCCC1)C2=O)C(C)C. The largest absolute Gasteiger partial charge is 0.490 e. The summed E-state index contributed by atoms with van der Waals surface area (Å²) >= 11 is 0. The predicted octanol–water partition coefficient (Wildman–Crippen LogP) is 9.02. The highest BCUT2D eigenvalue weighted by Crippen LogP contribution is 2.45. The summed E-state index contributed by atoms with van der Waals surface area (Å²) in [7, 11) is 0. The van der Waals surface area contributed by atoms with E-state index in [-0.39, 0.29) is 17.9 Å². The van der Waals surface area contributed by atoms with E-state index in [1.165, 1.54) is 54.6 Å². The fourth-order valence-electron chi connectivity index (χ4n) is 7.42. The number of nitrogens with zero attached hydrogens (tertiary/aromatic N) is 1. The van der Waals surface area contributed by atoms with Crippen LogP contribution >= 0.6 is 0 Å². The first-order valence-electron chi connectivity index (χ1n) is 15.1. The van der Waals surface area contributed by atoms with E-state index in [1.54, 1.807) is 0 Å². The average molecular weight is 524 g/mol. The van der Waals surface area contributed by atoms with Crippen molar-refractivity contribution in [3.63, 3.8) is 0 Å². The quantitative estimate of drug-likeness (QED) is 0.290. The summed E-state index contributed by atoms with van der Waals surface area (Å²) < 4.78 is 6.49. The molecule has 204 valence electrons. The summed E-state index contributed by atoms with van der Waals surface area (Å²) in [4.78, 5) is 29.8. The molecule has 6 rings (SSSR count). The number of amides is 2. The van der Waals surface area contributed by atoms with Gasteiger partial charge >= 0.3 is 0 Å². The third-order valence-electron chi connectivity index (χ3n) is 9.32. The number of benzene rings is 3. The van der Waals surface area contributed by atoms with Gasteiger partial charge in [0, 0.05) is 10.9 Å². The van der Waals surface area contributed by atoms with Crippen LogP contribution in [0.25, 0.3) is 10.8 Å². The molecule has 1 aliphatic heterocycles. The maximum atomic E-state index is 14.3. The van der Waals surface area contributed by atoms with Crippen molar-refractivity contribution in [1.82, 2.24) is 0 Å². The molecule has 2 saturated carbocycles. The lowest BCUT2D eigenvalue weighted by Gasteiger charge is -2.31. The molecule has 0 atom stereocenters. The first kappa shape index (κ1) is 26.1. The standard InChI is InChI=1S/C35H41NO3/c1-21(2)33(22(3)4)39-27-18-26-14-9-15-28-32(26)30(20-27)35(38)36(34(28)37)31-17-16-25(23-10-5-6-11-23)19-29(31)24-12-7-8-13-24/h9,14-24,33H,5-8,10-13H2,1-4H3. The molecule has 2 aliphatic carbocycles. The van der Waals surface area contributed by atoms with E-state index < -0.39 is 0 Å². The van der Waals surface area contributed by atoms with Crippen molar-refractivity contribution < 1.29 is 14.3 Å². The Morgan fingerprint density at radius 1 is 0.744 bits per heavy atom. The van der Waals surface area contributed by atoms with Gasteiger partial charge in [-0.05, 0) is 90.1 Å². The summed E-state index contributed by atoms with van der Waals surface area (Å²) in [5.41, 5.74) is 4.48. The lowest BCUT2D eigenvalue weighted by Crippen LogP contribution is -2.41. The van der Waals surface area contributed by atoms with Gasteiger partial charge in [-0.2, -0.15) is 0 Å². The molecule has 0 saturated heterocycles. The summed E-state index contributed by atoms with van der Waals surface area (Å²) in [6.07, 6.45) is 9.72. The molecule has 2 amide bonds. The van der Waals surface area contributed by atoms with Gasteiger partial charge in [-0.25, -0.2) is 4.90 Å². The molecule has 0 spiro atoms. The van der Waals surface area contributed by atoms with Crippen LogP contribution in [0.4, 0.5) is 5.69 Å². The van der Waals surface area contributed by atoms with E-state index in [4.69, 9.17) is 4.74 Å². The molecule has 3 aromatic carbocycles. The van der Waals surface area contributed by atoms with Crippen molar-refractivity contribution in [2.24, 2.45) is 11.8 Å². The Balaban J connectivity index is 1.46. The lowest BCUT2D eigenvalue weighted by molar-refractivity contribution is 0.0890. The second-order valence-electron chi connectivity index (χ2n) is 12.7. The number of ether oxygens (including phenoxy) is 1. The monoisotopic (exact) mass is 523 g/mol. The van der Waals surface area contributed by atoms with Crippen molar-refractivity contribution in [3.8, 4) is 5.75 Å². The molecule has 4 heteroatoms. The third-order valence-corrected chi connectivity index (χ3v) is 9.32. The molecule has 1 heterocycles. The number of carbonyl (C=O) groups is 2. The molecule has 0 aromatic heterocycles. The highest BCUT2D eigenvalue weighted by molar-refractivity contribution is 6.36. The fraction of sp³-hybridized carbons (Fsp3) is 0.486. The van der Waals surface area contributed by atoms with E-state index in [9.17, 15) is 9.59 Å². The minimum atomic E-state index is -0.243. The number of carbonyl (C=O) groups excluding carboxylic acids is 2.